The summed E-state index contributed by atoms with van der Waals surface area (Å²) in [5.74, 6) is 0.714. The van der Waals surface area contributed by atoms with Crippen LogP contribution in [0, 0.1) is 0 Å². The first-order valence-corrected chi connectivity index (χ1v) is 4.80. The molecule has 0 atom stereocenters. The smallest absolute Gasteiger partial charge is 0.404 e. The van der Waals surface area contributed by atoms with Crippen LogP contribution in [0.25, 0.3) is 0 Å². The number of ether oxygens (including phenoxy) is 1. The third kappa shape index (κ3) is 3.67. The Labute approximate surface area is 92.8 Å². The lowest BCUT2D eigenvalue weighted by molar-refractivity contribution is 0.194. The molecular formula is C10H12ClNO3. The molecule has 5 heteroatoms. The van der Waals surface area contributed by atoms with Gasteiger partial charge in [-0.2, -0.15) is 0 Å². The summed E-state index contributed by atoms with van der Waals surface area (Å²) in [5, 5.41) is 11.3. The summed E-state index contributed by atoms with van der Waals surface area (Å²) in [7, 11) is 1.57. The molecule has 0 fully saturated rings. The van der Waals surface area contributed by atoms with E-state index in [0.29, 0.717) is 23.7 Å². The van der Waals surface area contributed by atoms with Gasteiger partial charge in [0.15, 0.2) is 0 Å². The Balaban J connectivity index is 2.65. The number of benzene rings is 1. The van der Waals surface area contributed by atoms with Crippen molar-refractivity contribution in [2.45, 2.75) is 6.42 Å². The van der Waals surface area contributed by atoms with Crippen LogP contribution in [0.2, 0.25) is 5.02 Å². The van der Waals surface area contributed by atoms with Crippen molar-refractivity contribution in [1.29, 1.82) is 0 Å². The van der Waals surface area contributed by atoms with Gasteiger partial charge < -0.3 is 15.2 Å². The Morgan fingerprint density at radius 2 is 2.33 bits per heavy atom. The summed E-state index contributed by atoms with van der Waals surface area (Å²) >= 11 is 5.82. The number of amides is 1. The Bertz CT molecular complexity index is 355. The van der Waals surface area contributed by atoms with Crippen molar-refractivity contribution in [3.63, 3.8) is 0 Å². The first-order chi connectivity index (χ1) is 7.13. The van der Waals surface area contributed by atoms with Crippen LogP contribution in [0.4, 0.5) is 4.79 Å². The Morgan fingerprint density at radius 3 is 2.93 bits per heavy atom. The minimum Gasteiger partial charge on any atom is -0.496 e. The highest BCUT2D eigenvalue weighted by Crippen LogP contribution is 2.22. The zero-order chi connectivity index (χ0) is 11.3. The molecule has 0 aliphatic heterocycles. The highest BCUT2D eigenvalue weighted by molar-refractivity contribution is 6.30. The minimum atomic E-state index is -1.03. The van der Waals surface area contributed by atoms with E-state index < -0.39 is 6.09 Å². The van der Waals surface area contributed by atoms with Crippen molar-refractivity contribution in [2.75, 3.05) is 13.7 Å². The minimum absolute atomic E-state index is 0.339. The lowest BCUT2D eigenvalue weighted by atomic mass is 10.1. The van der Waals surface area contributed by atoms with Crippen molar-refractivity contribution in [3.05, 3.63) is 28.8 Å². The number of nitrogens with one attached hydrogen (secondary N) is 1. The quantitative estimate of drug-likeness (QED) is 0.832. The molecule has 2 N–H and O–H groups in total. The molecule has 0 unspecified atom stereocenters. The first-order valence-electron chi connectivity index (χ1n) is 4.42. The number of carboxylic acid groups (broad SMARTS) is 1. The molecule has 0 aliphatic carbocycles. The summed E-state index contributed by atoms with van der Waals surface area (Å²) in [6.07, 6.45) is -0.480. The molecule has 0 saturated carbocycles. The Kier molecular flexibility index (Phi) is 4.24. The molecule has 0 saturated heterocycles. The van der Waals surface area contributed by atoms with Gasteiger partial charge >= 0.3 is 6.09 Å². The molecule has 0 spiro atoms. The highest BCUT2D eigenvalue weighted by atomic mass is 35.5. The number of methoxy groups -OCH3 is 1. The van der Waals surface area contributed by atoms with E-state index in [1.807, 2.05) is 0 Å². The molecule has 0 heterocycles. The monoisotopic (exact) mass is 229 g/mol. The number of rotatable bonds is 4. The predicted molar refractivity (Wildman–Crippen MR) is 57.7 cm³/mol. The average Bonchev–Trinajstić information content (AvgIpc) is 2.17. The maximum Gasteiger partial charge on any atom is 0.404 e. The first kappa shape index (κ1) is 11.7. The number of carbonyl (C=O) groups is 1. The zero-order valence-electron chi connectivity index (χ0n) is 8.29. The van der Waals surface area contributed by atoms with Crippen LogP contribution in [0.1, 0.15) is 5.56 Å². The van der Waals surface area contributed by atoms with Gasteiger partial charge in [-0.05, 0) is 30.2 Å². The lowest BCUT2D eigenvalue weighted by Gasteiger charge is -2.08. The Morgan fingerprint density at radius 1 is 1.60 bits per heavy atom. The molecule has 1 aromatic carbocycles. The van der Waals surface area contributed by atoms with Crippen molar-refractivity contribution in [2.24, 2.45) is 0 Å². The third-order valence-corrected chi connectivity index (χ3v) is 2.15. The van der Waals surface area contributed by atoms with Gasteiger partial charge in [0.05, 0.1) is 7.11 Å². The molecule has 82 valence electrons. The van der Waals surface area contributed by atoms with E-state index >= 15 is 0 Å². The van der Waals surface area contributed by atoms with Gasteiger partial charge in [-0.1, -0.05) is 11.6 Å². The second-order valence-corrected chi connectivity index (χ2v) is 3.37. The van der Waals surface area contributed by atoms with E-state index in [1.54, 1.807) is 25.3 Å². The van der Waals surface area contributed by atoms with Crippen molar-refractivity contribution >= 4 is 17.7 Å². The van der Waals surface area contributed by atoms with Crippen molar-refractivity contribution in [1.82, 2.24) is 5.32 Å². The van der Waals surface area contributed by atoms with E-state index in [2.05, 4.69) is 5.32 Å². The maximum atomic E-state index is 10.2. The molecule has 1 rings (SSSR count). The normalized spacial score (nSPS) is 9.73. The molecule has 0 radical (unpaired) electrons. The fourth-order valence-corrected chi connectivity index (χ4v) is 1.44. The standard InChI is InChI=1S/C10H12ClNO3/c1-15-9-3-2-8(11)6-7(9)4-5-12-10(13)14/h2-3,6,12H,4-5H2,1H3,(H,13,14). The molecule has 0 aromatic heterocycles. The molecule has 0 bridgehead atoms. The summed E-state index contributed by atoms with van der Waals surface area (Å²) in [4.78, 5) is 10.2. The lowest BCUT2D eigenvalue weighted by Crippen LogP contribution is -2.23. The SMILES string of the molecule is COc1ccc(Cl)cc1CCNC(=O)O. The van der Waals surface area contributed by atoms with Crippen LogP contribution in [0.15, 0.2) is 18.2 Å². The number of halogens is 1. The van der Waals surface area contributed by atoms with Crippen LogP contribution < -0.4 is 10.1 Å². The molecule has 15 heavy (non-hydrogen) atoms. The van der Waals surface area contributed by atoms with Crippen molar-refractivity contribution < 1.29 is 14.6 Å². The maximum absolute atomic E-state index is 10.2. The molecule has 1 amide bonds. The second-order valence-electron chi connectivity index (χ2n) is 2.94. The molecule has 4 nitrogen and oxygen atoms in total. The Hall–Kier alpha value is -1.42. The largest absolute Gasteiger partial charge is 0.496 e. The molecule has 1 aromatic rings. The van der Waals surface area contributed by atoms with Crippen LogP contribution in [0.3, 0.4) is 0 Å². The van der Waals surface area contributed by atoms with Gasteiger partial charge in [-0.15, -0.1) is 0 Å². The van der Waals surface area contributed by atoms with E-state index in [4.69, 9.17) is 21.4 Å². The van der Waals surface area contributed by atoms with Crippen LogP contribution >= 0.6 is 11.6 Å². The zero-order valence-corrected chi connectivity index (χ0v) is 9.04. The number of hydrogen-bond acceptors (Lipinski definition) is 2. The third-order valence-electron chi connectivity index (χ3n) is 1.91. The highest BCUT2D eigenvalue weighted by Gasteiger charge is 2.04. The summed E-state index contributed by atoms with van der Waals surface area (Å²) in [5.41, 5.74) is 0.888. The van der Waals surface area contributed by atoms with Gasteiger partial charge in [0.25, 0.3) is 0 Å². The second kappa shape index (κ2) is 5.46. The van der Waals surface area contributed by atoms with Gasteiger partial charge in [0.1, 0.15) is 5.75 Å². The van der Waals surface area contributed by atoms with Crippen LogP contribution in [-0.2, 0) is 6.42 Å². The molecule has 0 aliphatic rings. The topological polar surface area (TPSA) is 58.6 Å². The van der Waals surface area contributed by atoms with Crippen LogP contribution in [0.5, 0.6) is 5.75 Å². The van der Waals surface area contributed by atoms with E-state index in [0.717, 1.165) is 5.56 Å². The van der Waals surface area contributed by atoms with Gasteiger partial charge in [-0.25, -0.2) is 4.79 Å². The summed E-state index contributed by atoms with van der Waals surface area (Å²) in [6, 6.07) is 5.26. The van der Waals surface area contributed by atoms with E-state index in [9.17, 15) is 4.79 Å². The van der Waals surface area contributed by atoms with Crippen LogP contribution in [-0.4, -0.2) is 24.9 Å². The van der Waals surface area contributed by atoms with E-state index in [-0.39, 0.29) is 0 Å². The predicted octanol–water partition coefficient (Wildman–Crippen LogP) is 2.16. The van der Waals surface area contributed by atoms with Gasteiger partial charge in [0, 0.05) is 11.6 Å². The molecular weight excluding hydrogens is 218 g/mol. The number of hydrogen-bond donors (Lipinski definition) is 2. The van der Waals surface area contributed by atoms with Crippen molar-refractivity contribution in [3.8, 4) is 5.75 Å². The van der Waals surface area contributed by atoms with Gasteiger partial charge in [-0.3, -0.25) is 0 Å². The fourth-order valence-electron chi connectivity index (χ4n) is 1.25. The fraction of sp³-hybridized carbons (Fsp3) is 0.300. The summed E-state index contributed by atoms with van der Waals surface area (Å²) in [6.45, 7) is 0.339. The van der Waals surface area contributed by atoms with Gasteiger partial charge in [0.2, 0.25) is 0 Å². The average molecular weight is 230 g/mol. The summed E-state index contributed by atoms with van der Waals surface area (Å²) < 4.78 is 5.12. The van der Waals surface area contributed by atoms with E-state index in [1.165, 1.54) is 0 Å².